The molecule has 1 aromatic rings. The van der Waals surface area contributed by atoms with Crippen LogP contribution >= 0.6 is 0 Å². The molecule has 0 bridgehead atoms. The van der Waals surface area contributed by atoms with Gasteiger partial charge in [-0.25, -0.2) is 0 Å². The number of rotatable bonds is 47. The van der Waals surface area contributed by atoms with E-state index in [-0.39, 0.29) is 12.6 Å². The quantitative estimate of drug-likeness (QED) is 0.0469. The molecule has 12 nitrogen and oxygen atoms in total. The number of esters is 1. The highest BCUT2D eigenvalue weighted by molar-refractivity contribution is 5.69. The van der Waals surface area contributed by atoms with Crippen LogP contribution in [0.5, 0.6) is 5.75 Å². The summed E-state index contributed by atoms with van der Waals surface area (Å²) in [6.45, 7) is 12.0. The first-order chi connectivity index (χ1) is 27.8. The van der Waals surface area contributed by atoms with E-state index in [1.165, 1.54) is 83.5 Å². The number of hydrogen-bond acceptors (Lipinski definition) is 12. The van der Waals surface area contributed by atoms with Crippen molar-refractivity contribution in [3.63, 3.8) is 0 Å². The van der Waals surface area contributed by atoms with Gasteiger partial charge in [-0.2, -0.15) is 0 Å². The van der Waals surface area contributed by atoms with Gasteiger partial charge in [0.25, 0.3) is 0 Å². The molecule has 0 aliphatic carbocycles. The summed E-state index contributed by atoms with van der Waals surface area (Å²) in [4.78, 5) is 11.9. The monoisotopic (exact) mass is 801 g/mol. The molecule has 0 spiro atoms. The molecule has 0 aliphatic rings. The SMILES string of the molecule is CCCCCCCCCCCCCCCCCC(=O)OCCOCCOCCOCCOCCOCCOCCOCCOCCOCCOc1ccccc1. The third-order valence-electron chi connectivity index (χ3n) is 8.69. The molecule has 0 atom stereocenters. The molecular weight excluding hydrogens is 720 g/mol. The van der Waals surface area contributed by atoms with Gasteiger partial charge in [-0.1, -0.05) is 115 Å². The molecule has 0 N–H and O–H groups in total. The number of para-hydroxylation sites is 1. The van der Waals surface area contributed by atoms with E-state index < -0.39 is 0 Å². The molecule has 0 fully saturated rings. The van der Waals surface area contributed by atoms with Gasteiger partial charge in [0, 0.05) is 6.42 Å². The molecular formula is C44H80O12. The first-order valence-electron chi connectivity index (χ1n) is 21.9. The highest BCUT2D eigenvalue weighted by Gasteiger charge is 2.03. The Morgan fingerprint density at radius 3 is 0.982 bits per heavy atom. The first-order valence-corrected chi connectivity index (χ1v) is 21.9. The van der Waals surface area contributed by atoms with E-state index in [4.69, 9.17) is 52.1 Å². The van der Waals surface area contributed by atoms with Gasteiger partial charge in [0.2, 0.25) is 0 Å². The Balaban J connectivity index is 1.63. The summed E-state index contributed by atoms with van der Waals surface area (Å²) in [5.74, 6) is 0.714. The van der Waals surface area contributed by atoms with Crippen molar-refractivity contribution in [1.29, 1.82) is 0 Å². The van der Waals surface area contributed by atoms with Crippen LogP contribution in [0.15, 0.2) is 30.3 Å². The topological polar surface area (TPSA) is 119 Å². The molecule has 1 aromatic carbocycles. The number of unbranched alkanes of at least 4 members (excludes halogenated alkanes) is 14. The number of ether oxygens (including phenoxy) is 11. The summed E-state index contributed by atoms with van der Waals surface area (Å²) in [7, 11) is 0. The van der Waals surface area contributed by atoms with Gasteiger partial charge in [0.05, 0.1) is 119 Å². The molecule has 12 heteroatoms. The van der Waals surface area contributed by atoms with Crippen molar-refractivity contribution in [2.75, 3.05) is 132 Å². The zero-order chi connectivity index (χ0) is 39.9. The Labute approximate surface area is 340 Å². The number of carbonyl (C=O) groups excluding carboxylic acids is 1. The maximum absolute atomic E-state index is 11.9. The van der Waals surface area contributed by atoms with Crippen LogP contribution in [-0.4, -0.2) is 138 Å². The molecule has 56 heavy (non-hydrogen) atoms. The van der Waals surface area contributed by atoms with Gasteiger partial charge in [-0.05, 0) is 18.6 Å². The Kier molecular flexibility index (Phi) is 42.7. The van der Waals surface area contributed by atoms with Gasteiger partial charge < -0.3 is 52.1 Å². The molecule has 0 unspecified atom stereocenters. The lowest BCUT2D eigenvalue weighted by Crippen LogP contribution is -2.15. The second-order valence-corrected chi connectivity index (χ2v) is 13.6. The fraction of sp³-hybridized carbons (Fsp3) is 0.841. The molecule has 1 rings (SSSR count). The first kappa shape index (κ1) is 52.1. The number of benzene rings is 1. The van der Waals surface area contributed by atoms with Crippen LogP contribution in [0, 0.1) is 0 Å². The molecule has 0 saturated heterocycles. The van der Waals surface area contributed by atoms with Crippen LogP contribution in [0.25, 0.3) is 0 Å². The Morgan fingerprint density at radius 1 is 0.357 bits per heavy atom. The van der Waals surface area contributed by atoms with Crippen molar-refractivity contribution in [3.8, 4) is 5.75 Å². The van der Waals surface area contributed by atoms with Crippen molar-refractivity contribution in [2.24, 2.45) is 0 Å². The van der Waals surface area contributed by atoms with E-state index in [9.17, 15) is 4.79 Å². The van der Waals surface area contributed by atoms with E-state index >= 15 is 0 Å². The fourth-order valence-corrected chi connectivity index (χ4v) is 5.52. The van der Waals surface area contributed by atoms with Crippen molar-refractivity contribution < 1.29 is 56.9 Å². The zero-order valence-electron chi connectivity index (χ0n) is 35.2. The second kappa shape index (κ2) is 45.8. The lowest BCUT2D eigenvalue weighted by atomic mass is 10.0. The summed E-state index contributed by atoms with van der Waals surface area (Å²) in [5.41, 5.74) is 0. The van der Waals surface area contributed by atoms with Crippen LogP contribution in [-0.2, 0) is 52.2 Å². The fourth-order valence-electron chi connectivity index (χ4n) is 5.52. The van der Waals surface area contributed by atoms with Crippen LogP contribution in [0.4, 0.5) is 0 Å². The Morgan fingerprint density at radius 2 is 0.643 bits per heavy atom. The number of hydrogen-bond donors (Lipinski definition) is 0. The molecule has 0 saturated carbocycles. The van der Waals surface area contributed by atoms with E-state index in [0.717, 1.165) is 18.6 Å². The minimum Gasteiger partial charge on any atom is -0.491 e. The predicted octanol–water partition coefficient (Wildman–Crippen LogP) is 8.02. The van der Waals surface area contributed by atoms with E-state index in [1.807, 2.05) is 30.3 Å². The van der Waals surface area contributed by atoms with Gasteiger partial charge in [-0.3, -0.25) is 4.79 Å². The second-order valence-electron chi connectivity index (χ2n) is 13.6. The highest BCUT2D eigenvalue weighted by Crippen LogP contribution is 2.14. The Hall–Kier alpha value is -1.87. The molecule has 0 amide bonds. The third-order valence-corrected chi connectivity index (χ3v) is 8.69. The summed E-state index contributed by atoms with van der Waals surface area (Å²) < 4.78 is 60.3. The van der Waals surface area contributed by atoms with Gasteiger partial charge in [-0.15, -0.1) is 0 Å². The van der Waals surface area contributed by atoms with E-state index in [2.05, 4.69) is 6.92 Å². The smallest absolute Gasteiger partial charge is 0.305 e. The van der Waals surface area contributed by atoms with Crippen molar-refractivity contribution in [3.05, 3.63) is 30.3 Å². The van der Waals surface area contributed by atoms with E-state index in [1.54, 1.807) is 0 Å². The maximum atomic E-state index is 11.9. The average molecular weight is 801 g/mol. The van der Waals surface area contributed by atoms with Gasteiger partial charge in [0.15, 0.2) is 0 Å². The van der Waals surface area contributed by atoms with Gasteiger partial charge in [0.1, 0.15) is 19.0 Å². The lowest BCUT2D eigenvalue weighted by Gasteiger charge is -2.09. The van der Waals surface area contributed by atoms with Crippen LogP contribution in [0.2, 0.25) is 0 Å². The van der Waals surface area contributed by atoms with Gasteiger partial charge >= 0.3 is 5.97 Å². The summed E-state index contributed by atoms with van der Waals surface area (Å²) >= 11 is 0. The maximum Gasteiger partial charge on any atom is 0.305 e. The third kappa shape index (κ3) is 41.8. The van der Waals surface area contributed by atoms with Crippen molar-refractivity contribution in [1.82, 2.24) is 0 Å². The summed E-state index contributed by atoms with van der Waals surface area (Å²) in [5, 5.41) is 0. The Bertz CT molecular complexity index is 894. The normalized spacial score (nSPS) is 11.4. The highest BCUT2D eigenvalue weighted by atomic mass is 16.6. The largest absolute Gasteiger partial charge is 0.491 e. The molecule has 0 aromatic heterocycles. The number of carbonyl (C=O) groups is 1. The van der Waals surface area contributed by atoms with Crippen LogP contribution in [0.3, 0.4) is 0 Å². The predicted molar refractivity (Wildman–Crippen MR) is 220 cm³/mol. The average Bonchev–Trinajstić information content (AvgIpc) is 3.21. The van der Waals surface area contributed by atoms with E-state index in [0.29, 0.717) is 132 Å². The van der Waals surface area contributed by atoms with Crippen LogP contribution < -0.4 is 4.74 Å². The standard InChI is InChI=1S/C44H80O12/c1-2-3-4-5-6-7-8-9-10-11-12-13-14-15-19-22-44(45)56-42-40-54-38-36-52-34-32-50-30-28-48-26-24-46-23-25-47-27-29-49-31-33-51-35-37-53-39-41-55-43-20-17-16-18-21-43/h16-18,20-21H,2-15,19,22-42H2,1H3. The molecule has 328 valence electrons. The summed E-state index contributed by atoms with van der Waals surface area (Å²) in [6, 6.07) is 9.68. The molecule has 0 radical (unpaired) electrons. The van der Waals surface area contributed by atoms with Crippen molar-refractivity contribution in [2.45, 2.75) is 110 Å². The summed E-state index contributed by atoms with van der Waals surface area (Å²) in [6.07, 6.45) is 20.2. The van der Waals surface area contributed by atoms with Crippen molar-refractivity contribution >= 4 is 5.97 Å². The zero-order valence-corrected chi connectivity index (χ0v) is 35.2. The molecule has 0 heterocycles. The molecule has 0 aliphatic heterocycles. The minimum absolute atomic E-state index is 0.130. The minimum atomic E-state index is -0.130. The van der Waals surface area contributed by atoms with Crippen LogP contribution in [0.1, 0.15) is 110 Å². The lowest BCUT2D eigenvalue weighted by molar-refractivity contribution is -0.145.